The highest BCUT2D eigenvalue weighted by Crippen LogP contribution is 2.33. The number of alkyl halides is 1. The van der Waals surface area contributed by atoms with Gasteiger partial charge in [0.05, 0.1) is 6.61 Å². The molecule has 1 atom stereocenters. The van der Waals surface area contributed by atoms with E-state index in [1.165, 1.54) is 6.07 Å². The maximum Gasteiger partial charge on any atom is 0.133 e. The molecule has 0 aliphatic rings. The molecule has 1 N–H and O–H groups in total. The van der Waals surface area contributed by atoms with Crippen molar-refractivity contribution >= 4 is 31.9 Å². The molecule has 0 heterocycles. The van der Waals surface area contributed by atoms with Crippen molar-refractivity contribution < 1.29 is 14.2 Å². The Morgan fingerprint density at radius 3 is 2.36 bits per heavy atom. The van der Waals surface area contributed by atoms with Crippen molar-refractivity contribution in [3.8, 4) is 5.75 Å². The predicted octanol–water partition coefficient (Wildman–Crippen LogP) is 6.18. The number of hydrogen-bond acceptors (Lipinski definition) is 2. The van der Waals surface area contributed by atoms with Crippen molar-refractivity contribution in [3.63, 3.8) is 0 Å². The molecule has 2 aromatic rings. The Labute approximate surface area is 165 Å². The minimum atomic E-state index is -1.40. The lowest BCUT2D eigenvalue weighted by molar-refractivity contribution is 0.0978. The molecule has 0 bridgehead atoms. The lowest BCUT2D eigenvalue weighted by atomic mass is 9.88. The molecule has 0 spiro atoms. The Morgan fingerprint density at radius 1 is 1.04 bits per heavy atom. The van der Waals surface area contributed by atoms with Crippen LogP contribution < -0.4 is 4.74 Å². The summed E-state index contributed by atoms with van der Waals surface area (Å²) in [6, 6.07) is 11.9. The summed E-state index contributed by atoms with van der Waals surface area (Å²) < 4.78 is 21.1. The lowest BCUT2D eigenvalue weighted by Gasteiger charge is -2.25. The third-order valence-electron chi connectivity index (χ3n) is 4.17. The number of unbranched alkanes of at least 4 members (excludes halogenated alkanes) is 3. The van der Waals surface area contributed by atoms with Crippen LogP contribution in [0.3, 0.4) is 0 Å². The molecule has 0 aliphatic heterocycles. The van der Waals surface area contributed by atoms with Crippen LogP contribution >= 0.6 is 31.9 Å². The van der Waals surface area contributed by atoms with Gasteiger partial charge in [-0.3, -0.25) is 0 Å². The highest BCUT2D eigenvalue weighted by molar-refractivity contribution is 9.10. The maximum atomic E-state index is 14.5. The van der Waals surface area contributed by atoms with E-state index in [0.29, 0.717) is 17.9 Å². The zero-order valence-electron chi connectivity index (χ0n) is 14.3. The van der Waals surface area contributed by atoms with Gasteiger partial charge in [-0.1, -0.05) is 56.8 Å². The minimum Gasteiger partial charge on any atom is -0.493 e. The molecule has 25 heavy (non-hydrogen) atoms. The highest BCUT2D eigenvalue weighted by Gasteiger charge is 2.29. The molecular formula is C20H23Br2FO2. The summed E-state index contributed by atoms with van der Waals surface area (Å²) in [5, 5.41) is 11.8. The van der Waals surface area contributed by atoms with Crippen LogP contribution in [0, 0.1) is 5.82 Å². The smallest absolute Gasteiger partial charge is 0.133 e. The number of rotatable bonds is 9. The van der Waals surface area contributed by atoms with Crippen molar-refractivity contribution in [3.05, 3.63) is 63.9 Å². The first-order valence-electron chi connectivity index (χ1n) is 8.42. The van der Waals surface area contributed by atoms with Gasteiger partial charge in [0.15, 0.2) is 0 Å². The summed E-state index contributed by atoms with van der Waals surface area (Å²) in [7, 11) is 0. The van der Waals surface area contributed by atoms with Gasteiger partial charge < -0.3 is 9.84 Å². The Morgan fingerprint density at radius 2 is 1.72 bits per heavy atom. The van der Waals surface area contributed by atoms with Crippen LogP contribution in [0.5, 0.6) is 5.75 Å². The Bertz CT molecular complexity index is 672. The second kappa shape index (κ2) is 9.70. The van der Waals surface area contributed by atoms with E-state index < -0.39 is 11.4 Å². The number of ether oxygens (including phenoxy) is 1. The second-order valence-corrected chi connectivity index (χ2v) is 7.88. The van der Waals surface area contributed by atoms with Crippen molar-refractivity contribution in [2.45, 2.75) is 38.2 Å². The summed E-state index contributed by atoms with van der Waals surface area (Å²) in [5.74, 6) is 0.0260. The zero-order chi connectivity index (χ0) is 18.3. The highest BCUT2D eigenvalue weighted by atomic mass is 79.9. The number of halogens is 3. The largest absolute Gasteiger partial charge is 0.493 e. The maximum absolute atomic E-state index is 14.5. The molecule has 2 nitrogen and oxygen atoms in total. The van der Waals surface area contributed by atoms with E-state index in [9.17, 15) is 9.50 Å². The van der Waals surface area contributed by atoms with Crippen LogP contribution in [0.15, 0.2) is 46.9 Å². The zero-order valence-corrected chi connectivity index (χ0v) is 17.4. The average molecular weight is 474 g/mol. The van der Waals surface area contributed by atoms with E-state index in [1.807, 2.05) is 12.1 Å². The first-order valence-corrected chi connectivity index (χ1v) is 10.3. The molecule has 0 saturated heterocycles. The first-order chi connectivity index (χ1) is 11.9. The molecule has 0 aliphatic carbocycles. The number of hydrogen-bond donors (Lipinski definition) is 1. The standard InChI is InChI=1S/C20H23Br2FO2/c1-20(24,15-6-8-16(22)9-7-15)18-11-10-17(14-19(18)23)25-13-5-3-2-4-12-21/h6-11,14,24H,2-5,12-13H2,1H3. The molecule has 0 aromatic heterocycles. The van der Waals surface area contributed by atoms with Gasteiger partial charge >= 0.3 is 0 Å². The van der Waals surface area contributed by atoms with Gasteiger partial charge in [0.25, 0.3) is 0 Å². The number of aliphatic hydroxyl groups is 1. The lowest BCUT2D eigenvalue weighted by Crippen LogP contribution is -2.24. The second-order valence-electron chi connectivity index (χ2n) is 6.17. The molecule has 5 heteroatoms. The van der Waals surface area contributed by atoms with Crippen LogP contribution in [-0.4, -0.2) is 17.0 Å². The fourth-order valence-corrected chi connectivity index (χ4v) is 3.31. The molecule has 0 saturated carbocycles. The van der Waals surface area contributed by atoms with E-state index >= 15 is 0 Å². The summed E-state index contributed by atoms with van der Waals surface area (Å²) in [4.78, 5) is 0. The quantitative estimate of drug-likeness (QED) is 0.348. The van der Waals surface area contributed by atoms with E-state index in [4.69, 9.17) is 4.74 Å². The van der Waals surface area contributed by atoms with Gasteiger partial charge in [-0.2, -0.15) is 0 Å². The summed E-state index contributed by atoms with van der Waals surface area (Å²) >= 11 is 6.77. The van der Waals surface area contributed by atoms with Gasteiger partial charge in [-0.25, -0.2) is 4.39 Å². The van der Waals surface area contributed by atoms with Crippen molar-refractivity contribution in [1.29, 1.82) is 0 Å². The van der Waals surface area contributed by atoms with Crippen LogP contribution in [0.2, 0.25) is 0 Å². The van der Waals surface area contributed by atoms with Gasteiger partial charge in [0, 0.05) is 21.4 Å². The Kier molecular flexibility index (Phi) is 7.91. The molecular weight excluding hydrogens is 451 g/mol. The predicted molar refractivity (Wildman–Crippen MR) is 107 cm³/mol. The van der Waals surface area contributed by atoms with Gasteiger partial charge in [0.1, 0.15) is 17.2 Å². The molecule has 136 valence electrons. The third kappa shape index (κ3) is 5.80. The Balaban J connectivity index is 2.02. The monoisotopic (exact) mass is 472 g/mol. The van der Waals surface area contributed by atoms with Gasteiger partial charge in [-0.15, -0.1) is 0 Å². The van der Waals surface area contributed by atoms with Crippen LogP contribution in [0.25, 0.3) is 0 Å². The normalized spacial score (nSPS) is 13.5. The van der Waals surface area contributed by atoms with E-state index in [2.05, 4.69) is 31.9 Å². The fraction of sp³-hybridized carbons (Fsp3) is 0.400. The molecule has 2 rings (SSSR count). The van der Waals surface area contributed by atoms with Crippen LogP contribution in [0.4, 0.5) is 4.39 Å². The third-order valence-corrected chi connectivity index (χ3v) is 5.26. The minimum absolute atomic E-state index is 0.236. The molecule has 0 fully saturated rings. The van der Waals surface area contributed by atoms with Crippen LogP contribution in [0.1, 0.15) is 43.7 Å². The van der Waals surface area contributed by atoms with Crippen molar-refractivity contribution in [1.82, 2.24) is 0 Å². The van der Waals surface area contributed by atoms with Crippen LogP contribution in [-0.2, 0) is 5.60 Å². The van der Waals surface area contributed by atoms with Crippen molar-refractivity contribution in [2.24, 2.45) is 0 Å². The number of benzene rings is 2. The first kappa shape index (κ1) is 20.4. The van der Waals surface area contributed by atoms with E-state index in [0.717, 1.165) is 35.5 Å². The molecule has 1 unspecified atom stereocenters. The van der Waals surface area contributed by atoms with Gasteiger partial charge in [-0.05, 0) is 49.6 Å². The molecule has 0 radical (unpaired) electrons. The summed E-state index contributed by atoms with van der Waals surface area (Å²) in [6.45, 7) is 2.17. The Hall–Kier alpha value is -0.910. The van der Waals surface area contributed by atoms with Crippen molar-refractivity contribution in [2.75, 3.05) is 11.9 Å². The van der Waals surface area contributed by atoms with Gasteiger partial charge in [0.2, 0.25) is 0 Å². The average Bonchev–Trinajstić information content (AvgIpc) is 2.58. The molecule has 0 amide bonds. The van der Waals surface area contributed by atoms with E-state index in [1.54, 1.807) is 31.2 Å². The summed E-state index contributed by atoms with van der Waals surface area (Å²) in [6.07, 6.45) is 4.38. The SMILES string of the molecule is CC(O)(c1ccc(Br)cc1)c1ccc(OCCCCCCBr)cc1F. The van der Waals surface area contributed by atoms with E-state index in [-0.39, 0.29) is 5.56 Å². The topological polar surface area (TPSA) is 29.5 Å². The molecule has 2 aromatic carbocycles. The summed E-state index contributed by atoms with van der Waals surface area (Å²) in [5.41, 5.74) is -0.534. The fourth-order valence-electron chi connectivity index (χ4n) is 2.65.